The SMILES string of the molecule is c1ccc(Cc2ccc3c(c2)C(NC2CC2)CCO3)cc1. The predicted molar refractivity (Wildman–Crippen MR) is 84.7 cm³/mol. The predicted octanol–water partition coefficient (Wildman–Crippen LogP) is 3.85. The second kappa shape index (κ2) is 5.53. The normalized spacial score (nSPS) is 20.7. The first-order chi connectivity index (χ1) is 10.4. The van der Waals surface area contributed by atoms with Crippen LogP contribution in [0.25, 0.3) is 0 Å². The lowest BCUT2D eigenvalue weighted by Gasteiger charge is -2.27. The second-order valence-corrected chi connectivity index (χ2v) is 6.17. The van der Waals surface area contributed by atoms with E-state index in [-0.39, 0.29) is 0 Å². The fourth-order valence-electron chi connectivity index (χ4n) is 3.09. The molecule has 1 atom stereocenters. The van der Waals surface area contributed by atoms with Crippen LogP contribution < -0.4 is 10.1 Å². The van der Waals surface area contributed by atoms with E-state index in [1.165, 1.54) is 29.5 Å². The van der Waals surface area contributed by atoms with Crippen molar-refractivity contribution in [2.45, 2.75) is 37.8 Å². The third-order valence-corrected chi connectivity index (χ3v) is 4.38. The van der Waals surface area contributed by atoms with Gasteiger partial charge in [0, 0.05) is 24.1 Å². The van der Waals surface area contributed by atoms with Crippen LogP contribution in [0.2, 0.25) is 0 Å². The molecule has 21 heavy (non-hydrogen) atoms. The van der Waals surface area contributed by atoms with Gasteiger partial charge in [-0.3, -0.25) is 0 Å². The Morgan fingerprint density at radius 2 is 1.81 bits per heavy atom. The van der Waals surface area contributed by atoms with E-state index in [4.69, 9.17) is 4.74 Å². The molecule has 0 spiro atoms. The first kappa shape index (κ1) is 12.9. The van der Waals surface area contributed by atoms with Gasteiger partial charge in [0.15, 0.2) is 0 Å². The van der Waals surface area contributed by atoms with E-state index in [0.717, 1.165) is 31.2 Å². The smallest absolute Gasteiger partial charge is 0.124 e. The van der Waals surface area contributed by atoms with E-state index < -0.39 is 0 Å². The largest absolute Gasteiger partial charge is 0.493 e. The second-order valence-electron chi connectivity index (χ2n) is 6.17. The lowest BCUT2D eigenvalue weighted by molar-refractivity contribution is 0.252. The average molecular weight is 279 g/mol. The average Bonchev–Trinajstić information content (AvgIpc) is 3.33. The van der Waals surface area contributed by atoms with E-state index >= 15 is 0 Å². The lowest BCUT2D eigenvalue weighted by Crippen LogP contribution is -2.28. The van der Waals surface area contributed by atoms with Crippen molar-refractivity contribution in [2.75, 3.05) is 6.61 Å². The van der Waals surface area contributed by atoms with Gasteiger partial charge in [0.2, 0.25) is 0 Å². The van der Waals surface area contributed by atoms with Crippen LogP contribution in [0.3, 0.4) is 0 Å². The highest BCUT2D eigenvalue weighted by Gasteiger charge is 2.28. The van der Waals surface area contributed by atoms with Crippen LogP contribution in [0.5, 0.6) is 5.75 Å². The molecule has 1 heterocycles. The van der Waals surface area contributed by atoms with Gasteiger partial charge in [0.25, 0.3) is 0 Å². The van der Waals surface area contributed by atoms with Crippen molar-refractivity contribution >= 4 is 0 Å². The number of hydrogen-bond acceptors (Lipinski definition) is 2. The molecule has 1 saturated carbocycles. The topological polar surface area (TPSA) is 21.3 Å². The molecule has 0 aromatic heterocycles. The first-order valence-electron chi connectivity index (χ1n) is 7.94. The Labute approximate surface area is 126 Å². The van der Waals surface area contributed by atoms with Gasteiger partial charge in [-0.05, 0) is 36.5 Å². The molecule has 1 aliphatic heterocycles. The Morgan fingerprint density at radius 1 is 0.952 bits per heavy atom. The van der Waals surface area contributed by atoms with Gasteiger partial charge in [0.1, 0.15) is 5.75 Å². The van der Waals surface area contributed by atoms with Crippen LogP contribution >= 0.6 is 0 Å². The summed E-state index contributed by atoms with van der Waals surface area (Å²) in [5.74, 6) is 1.07. The summed E-state index contributed by atoms with van der Waals surface area (Å²) in [5.41, 5.74) is 4.08. The zero-order valence-electron chi connectivity index (χ0n) is 12.2. The minimum atomic E-state index is 0.469. The van der Waals surface area contributed by atoms with Crippen LogP contribution in [0.15, 0.2) is 48.5 Å². The van der Waals surface area contributed by atoms with Crippen LogP contribution in [-0.4, -0.2) is 12.6 Å². The molecule has 108 valence electrons. The van der Waals surface area contributed by atoms with Crippen LogP contribution in [-0.2, 0) is 6.42 Å². The molecular weight excluding hydrogens is 258 g/mol. The summed E-state index contributed by atoms with van der Waals surface area (Å²) in [4.78, 5) is 0. The summed E-state index contributed by atoms with van der Waals surface area (Å²) in [7, 11) is 0. The van der Waals surface area contributed by atoms with Gasteiger partial charge in [-0.2, -0.15) is 0 Å². The van der Waals surface area contributed by atoms with Crippen molar-refractivity contribution in [2.24, 2.45) is 0 Å². The van der Waals surface area contributed by atoms with Crippen molar-refractivity contribution in [3.8, 4) is 5.75 Å². The minimum Gasteiger partial charge on any atom is -0.493 e. The molecule has 2 aromatic carbocycles. The van der Waals surface area contributed by atoms with Gasteiger partial charge in [-0.15, -0.1) is 0 Å². The number of rotatable bonds is 4. The Kier molecular flexibility index (Phi) is 3.40. The number of ether oxygens (including phenoxy) is 1. The van der Waals surface area contributed by atoms with E-state index in [9.17, 15) is 0 Å². The molecule has 0 saturated heterocycles. The Morgan fingerprint density at radius 3 is 2.62 bits per heavy atom. The molecule has 2 aromatic rings. The summed E-state index contributed by atoms with van der Waals surface area (Å²) in [6.07, 6.45) is 4.73. The molecule has 1 fully saturated rings. The molecule has 0 bridgehead atoms. The summed E-state index contributed by atoms with van der Waals surface area (Å²) in [5, 5.41) is 3.76. The molecule has 1 unspecified atom stereocenters. The third kappa shape index (κ3) is 2.96. The highest BCUT2D eigenvalue weighted by Crippen LogP contribution is 2.35. The van der Waals surface area contributed by atoms with Gasteiger partial charge >= 0.3 is 0 Å². The summed E-state index contributed by atoms with van der Waals surface area (Å²) >= 11 is 0. The maximum Gasteiger partial charge on any atom is 0.124 e. The molecule has 4 rings (SSSR count). The van der Waals surface area contributed by atoms with E-state index in [2.05, 4.69) is 53.8 Å². The fraction of sp³-hybridized carbons (Fsp3) is 0.368. The fourth-order valence-corrected chi connectivity index (χ4v) is 3.09. The van der Waals surface area contributed by atoms with Crippen molar-refractivity contribution in [1.29, 1.82) is 0 Å². The van der Waals surface area contributed by atoms with E-state index in [1.54, 1.807) is 0 Å². The van der Waals surface area contributed by atoms with Crippen molar-refractivity contribution < 1.29 is 4.74 Å². The molecular formula is C19H21NO. The molecule has 1 aliphatic carbocycles. The maximum absolute atomic E-state index is 5.82. The monoisotopic (exact) mass is 279 g/mol. The van der Waals surface area contributed by atoms with Crippen LogP contribution in [0.1, 0.15) is 42.0 Å². The number of benzene rings is 2. The number of fused-ring (bicyclic) bond motifs is 1. The summed E-state index contributed by atoms with van der Waals surface area (Å²) in [6, 6.07) is 18.5. The highest BCUT2D eigenvalue weighted by molar-refractivity contribution is 5.42. The quantitative estimate of drug-likeness (QED) is 0.917. The third-order valence-electron chi connectivity index (χ3n) is 4.38. The van der Waals surface area contributed by atoms with Crippen LogP contribution in [0, 0.1) is 0 Å². The van der Waals surface area contributed by atoms with E-state index in [1.807, 2.05) is 0 Å². The van der Waals surface area contributed by atoms with Crippen molar-refractivity contribution in [3.05, 3.63) is 65.2 Å². The molecule has 1 N–H and O–H groups in total. The number of nitrogens with one attached hydrogen (secondary N) is 1. The van der Waals surface area contributed by atoms with Crippen LogP contribution in [0.4, 0.5) is 0 Å². The molecule has 2 aliphatic rings. The number of hydrogen-bond donors (Lipinski definition) is 1. The molecule has 2 heteroatoms. The van der Waals surface area contributed by atoms with Gasteiger partial charge in [-0.1, -0.05) is 42.5 Å². The zero-order chi connectivity index (χ0) is 14.1. The van der Waals surface area contributed by atoms with Crippen molar-refractivity contribution in [1.82, 2.24) is 5.32 Å². The Balaban J connectivity index is 1.59. The first-order valence-corrected chi connectivity index (χ1v) is 7.94. The maximum atomic E-state index is 5.82. The molecule has 0 amide bonds. The standard InChI is InChI=1S/C19H21NO/c1-2-4-14(5-3-1)12-15-6-9-19-17(13-15)18(10-11-21-19)20-16-7-8-16/h1-6,9,13,16,18,20H,7-8,10-12H2. The minimum absolute atomic E-state index is 0.469. The van der Waals surface area contributed by atoms with Gasteiger partial charge in [0.05, 0.1) is 6.61 Å². The zero-order valence-corrected chi connectivity index (χ0v) is 12.2. The van der Waals surface area contributed by atoms with Gasteiger partial charge < -0.3 is 10.1 Å². The van der Waals surface area contributed by atoms with Crippen molar-refractivity contribution in [3.63, 3.8) is 0 Å². The lowest BCUT2D eigenvalue weighted by atomic mass is 9.95. The Hall–Kier alpha value is -1.80. The van der Waals surface area contributed by atoms with Gasteiger partial charge in [-0.25, -0.2) is 0 Å². The molecule has 2 nitrogen and oxygen atoms in total. The summed E-state index contributed by atoms with van der Waals surface area (Å²) in [6.45, 7) is 0.829. The summed E-state index contributed by atoms with van der Waals surface area (Å²) < 4.78 is 5.82. The highest BCUT2D eigenvalue weighted by atomic mass is 16.5. The molecule has 0 radical (unpaired) electrons. The Bertz CT molecular complexity index is 619. The van der Waals surface area contributed by atoms with E-state index in [0.29, 0.717) is 6.04 Å².